The topological polar surface area (TPSA) is 84.6 Å². The number of nitrogens with one attached hydrogen (secondary N) is 1. The zero-order valence-corrected chi connectivity index (χ0v) is 13.2. The Bertz CT molecular complexity index is 823. The highest BCUT2D eigenvalue weighted by Crippen LogP contribution is 2.22. The summed E-state index contributed by atoms with van der Waals surface area (Å²) in [7, 11) is -0.433. The van der Waals surface area contributed by atoms with Gasteiger partial charge in [0.05, 0.1) is 10.4 Å². The first-order valence-electron chi connectivity index (χ1n) is 6.19. The minimum absolute atomic E-state index is 0. The molecule has 1 aliphatic heterocycles. The average Bonchev–Trinajstić information content (AvgIpc) is 2.62. The number of halogens is 1. The third-order valence-electron chi connectivity index (χ3n) is 3.71. The number of rotatable bonds is 3. The van der Waals surface area contributed by atoms with Gasteiger partial charge in [0.25, 0.3) is 0 Å². The second-order valence-corrected chi connectivity index (χ2v) is 6.89. The molecule has 116 valence electrons. The summed E-state index contributed by atoms with van der Waals surface area (Å²) in [6.45, 7) is 1.30. The Balaban J connectivity index is 0.00000161. The van der Waals surface area contributed by atoms with Crippen molar-refractivity contribution in [3.63, 3.8) is 0 Å². The van der Waals surface area contributed by atoms with Gasteiger partial charge in [-0.1, -0.05) is 0 Å². The lowest BCUT2D eigenvalue weighted by molar-refractivity contribution is 0.274. The molecule has 0 bridgehead atoms. The van der Waals surface area contributed by atoms with Crippen molar-refractivity contribution >= 4 is 33.5 Å². The Morgan fingerprint density at radius 3 is 2.62 bits per heavy atom. The van der Waals surface area contributed by atoms with Crippen molar-refractivity contribution in [3.8, 4) is 0 Å². The maximum atomic E-state index is 12.5. The third-order valence-corrected chi connectivity index (χ3v) is 5.62. The van der Waals surface area contributed by atoms with Crippen LogP contribution < -0.4 is 11.1 Å². The molecule has 0 aliphatic carbocycles. The Morgan fingerprint density at radius 2 is 2.05 bits per heavy atom. The Morgan fingerprint density at radius 1 is 1.38 bits per heavy atom. The highest BCUT2D eigenvalue weighted by atomic mass is 35.5. The standard InChI is InChI=1S/C12H15N3O4S.ClH/c1-14-10-4-3-9(5-11(10)19-12(14)16)20(17,18)15(2)8-6-13-7-8;/h3-5,8,13H,6-7H2,1-2H3;1H. The molecule has 0 unspecified atom stereocenters. The predicted octanol–water partition coefficient (Wildman–Crippen LogP) is 0.146. The summed E-state index contributed by atoms with van der Waals surface area (Å²) in [6, 6.07) is 4.45. The minimum atomic E-state index is -3.57. The number of benzene rings is 1. The van der Waals surface area contributed by atoms with E-state index in [2.05, 4.69) is 5.32 Å². The van der Waals surface area contributed by atoms with Gasteiger partial charge in [0, 0.05) is 39.3 Å². The molecule has 0 atom stereocenters. The van der Waals surface area contributed by atoms with Crippen LogP contribution >= 0.6 is 12.4 Å². The fourth-order valence-electron chi connectivity index (χ4n) is 2.17. The van der Waals surface area contributed by atoms with Gasteiger partial charge in [0.2, 0.25) is 10.0 Å². The molecular weight excluding hydrogens is 318 g/mol. The molecule has 3 rings (SSSR count). The zero-order valence-electron chi connectivity index (χ0n) is 11.6. The fraction of sp³-hybridized carbons (Fsp3) is 0.417. The average molecular weight is 334 g/mol. The lowest BCUT2D eigenvalue weighted by atomic mass is 10.2. The SMILES string of the molecule is CN(C1CNC1)S(=O)(=O)c1ccc2c(c1)oc(=O)n2C.Cl. The van der Waals surface area contributed by atoms with Gasteiger partial charge in [-0.2, -0.15) is 4.31 Å². The number of fused-ring (bicyclic) bond motifs is 1. The summed E-state index contributed by atoms with van der Waals surface area (Å²) >= 11 is 0. The molecule has 7 nitrogen and oxygen atoms in total. The van der Waals surface area contributed by atoms with E-state index < -0.39 is 15.8 Å². The molecule has 9 heteroatoms. The molecular formula is C12H16ClN3O4S. The summed E-state index contributed by atoms with van der Waals surface area (Å²) in [4.78, 5) is 11.6. The maximum Gasteiger partial charge on any atom is 0.419 e. The van der Waals surface area contributed by atoms with Crippen molar-refractivity contribution in [2.75, 3.05) is 20.1 Å². The number of sulfonamides is 1. The summed E-state index contributed by atoms with van der Waals surface area (Å²) in [5, 5.41) is 3.04. The van der Waals surface area contributed by atoms with Crippen LogP contribution in [0.5, 0.6) is 0 Å². The summed E-state index contributed by atoms with van der Waals surface area (Å²) in [5.74, 6) is -0.508. The van der Waals surface area contributed by atoms with Crippen LogP contribution in [0.4, 0.5) is 0 Å². The molecule has 0 radical (unpaired) electrons. The van der Waals surface area contributed by atoms with Crippen LogP contribution in [0.2, 0.25) is 0 Å². The molecule has 1 aliphatic rings. The molecule has 1 saturated heterocycles. The molecule has 0 amide bonds. The van der Waals surface area contributed by atoms with Gasteiger partial charge in [-0.25, -0.2) is 13.2 Å². The van der Waals surface area contributed by atoms with E-state index in [0.29, 0.717) is 18.6 Å². The van der Waals surface area contributed by atoms with Gasteiger partial charge in [-0.15, -0.1) is 12.4 Å². The van der Waals surface area contributed by atoms with Crippen molar-refractivity contribution < 1.29 is 12.8 Å². The Hall–Kier alpha value is -1.35. The number of nitrogens with zero attached hydrogens (tertiary/aromatic N) is 2. The number of oxazole rings is 1. The largest absolute Gasteiger partial charge is 0.419 e. The summed E-state index contributed by atoms with van der Waals surface area (Å²) < 4.78 is 32.7. The molecule has 1 fully saturated rings. The minimum Gasteiger partial charge on any atom is -0.408 e. The van der Waals surface area contributed by atoms with E-state index >= 15 is 0 Å². The fourth-order valence-corrected chi connectivity index (χ4v) is 3.54. The van der Waals surface area contributed by atoms with Gasteiger partial charge in [-0.3, -0.25) is 4.57 Å². The quantitative estimate of drug-likeness (QED) is 0.864. The maximum absolute atomic E-state index is 12.5. The number of hydrogen-bond acceptors (Lipinski definition) is 5. The van der Waals surface area contributed by atoms with Crippen LogP contribution in [0.3, 0.4) is 0 Å². The van der Waals surface area contributed by atoms with E-state index in [1.165, 1.54) is 21.0 Å². The Labute approximate surface area is 128 Å². The highest BCUT2D eigenvalue weighted by molar-refractivity contribution is 7.89. The van der Waals surface area contributed by atoms with E-state index in [9.17, 15) is 13.2 Å². The second kappa shape index (κ2) is 5.45. The van der Waals surface area contributed by atoms with E-state index in [0.717, 1.165) is 0 Å². The van der Waals surface area contributed by atoms with Crippen molar-refractivity contribution in [3.05, 3.63) is 28.7 Å². The van der Waals surface area contributed by atoms with E-state index in [1.54, 1.807) is 20.2 Å². The molecule has 1 aromatic carbocycles. The molecule has 2 aromatic rings. The van der Waals surface area contributed by atoms with Crippen LogP contribution in [0.1, 0.15) is 0 Å². The van der Waals surface area contributed by atoms with Gasteiger partial charge in [-0.05, 0) is 12.1 Å². The monoisotopic (exact) mass is 333 g/mol. The summed E-state index contributed by atoms with van der Waals surface area (Å²) in [6.07, 6.45) is 0. The van der Waals surface area contributed by atoms with Crippen molar-refractivity contribution in [1.82, 2.24) is 14.2 Å². The molecule has 0 saturated carbocycles. The lowest BCUT2D eigenvalue weighted by Gasteiger charge is -2.34. The summed E-state index contributed by atoms with van der Waals surface area (Å²) in [5.41, 5.74) is 0.848. The van der Waals surface area contributed by atoms with E-state index in [4.69, 9.17) is 4.42 Å². The third kappa shape index (κ3) is 2.48. The van der Waals surface area contributed by atoms with Gasteiger partial charge in [0.1, 0.15) is 0 Å². The normalized spacial score (nSPS) is 16.0. The van der Waals surface area contributed by atoms with Crippen molar-refractivity contribution in [2.24, 2.45) is 7.05 Å². The first-order valence-corrected chi connectivity index (χ1v) is 7.63. The molecule has 2 heterocycles. The zero-order chi connectivity index (χ0) is 14.5. The van der Waals surface area contributed by atoms with E-state index in [-0.39, 0.29) is 28.9 Å². The van der Waals surface area contributed by atoms with Crippen LogP contribution in [-0.2, 0) is 17.1 Å². The van der Waals surface area contributed by atoms with Gasteiger partial charge in [0.15, 0.2) is 5.58 Å². The number of hydrogen-bond donors (Lipinski definition) is 1. The van der Waals surface area contributed by atoms with Crippen molar-refractivity contribution in [1.29, 1.82) is 0 Å². The van der Waals surface area contributed by atoms with Crippen LogP contribution in [0, 0.1) is 0 Å². The van der Waals surface area contributed by atoms with Crippen LogP contribution in [0.15, 0.2) is 32.3 Å². The number of aromatic nitrogens is 1. The van der Waals surface area contributed by atoms with E-state index in [1.807, 2.05) is 0 Å². The first kappa shape index (κ1) is 16.0. The first-order chi connectivity index (χ1) is 9.41. The lowest BCUT2D eigenvalue weighted by Crippen LogP contribution is -2.57. The van der Waals surface area contributed by atoms with Crippen LogP contribution in [0.25, 0.3) is 11.1 Å². The van der Waals surface area contributed by atoms with Crippen molar-refractivity contribution in [2.45, 2.75) is 10.9 Å². The Kier molecular flexibility index (Phi) is 4.16. The highest BCUT2D eigenvalue weighted by Gasteiger charge is 2.32. The molecule has 0 spiro atoms. The van der Waals surface area contributed by atoms with Gasteiger partial charge >= 0.3 is 5.76 Å². The smallest absolute Gasteiger partial charge is 0.408 e. The van der Waals surface area contributed by atoms with Gasteiger partial charge < -0.3 is 9.73 Å². The molecule has 21 heavy (non-hydrogen) atoms. The van der Waals surface area contributed by atoms with Crippen LogP contribution in [-0.4, -0.2) is 43.5 Å². The molecule has 1 aromatic heterocycles. The predicted molar refractivity (Wildman–Crippen MR) is 80.3 cm³/mol. The number of likely N-dealkylation sites (N-methyl/N-ethyl adjacent to an activating group) is 1. The number of aryl methyl sites for hydroxylation is 1. The second-order valence-electron chi connectivity index (χ2n) is 4.89. The molecule has 1 N–H and O–H groups in total.